The number of halogens is 2. The van der Waals surface area contributed by atoms with Crippen molar-refractivity contribution in [3.8, 4) is 0 Å². The number of carbonyl (C=O) groups excluding carboxylic acids is 1. The van der Waals surface area contributed by atoms with E-state index in [-0.39, 0.29) is 18.2 Å². The van der Waals surface area contributed by atoms with Gasteiger partial charge in [-0.3, -0.25) is 4.79 Å². The Morgan fingerprint density at radius 2 is 2.31 bits per heavy atom. The number of nitrogens with one attached hydrogen (secondary N) is 1. The van der Waals surface area contributed by atoms with Crippen LogP contribution in [0.2, 0.25) is 0 Å². The first kappa shape index (κ1) is 11.1. The molecule has 2 rings (SSSR count). The molecule has 3 nitrogen and oxygen atoms in total. The standard InChI is InChI=1S/C11H9BrFNO2/c1-16-9(15)4-6-5-14-11-8(13)3-2-7(12)10(6)11/h2-3,5,14H,4H2,1H3. The van der Waals surface area contributed by atoms with Gasteiger partial charge >= 0.3 is 5.97 Å². The number of methoxy groups -OCH3 is 1. The Morgan fingerprint density at radius 1 is 1.56 bits per heavy atom. The molecule has 16 heavy (non-hydrogen) atoms. The number of hydrogen-bond acceptors (Lipinski definition) is 2. The van der Waals surface area contributed by atoms with Crippen LogP contribution in [-0.2, 0) is 16.0 Å². The van der Waals surface area contributed by atoms with E-state index in [1.807, 2.05) is 0 Å². The third-order valence-electron chi connectivity index (χ3n) is 2.38. The summed E-state index contributed by atoms with van der Waals surface area (Å²) in [5, 5.41) is 0.686. The molecule has 0 amide bonds. The third-order valence-corrected chi connectivity index (χ3v) is 3.04. The van der Waals surface area contributed by atoms with Crippen molar-refractivity contribution < 1.29 is 13.9 Å². The molecule has 0 saturated heterocycles. The second-order valence-corrected chi connectivity index (χ2v) is 4.20. The zero-order valence-electron chi connectivity index (χ0n) is 8.51. The number of benzene rings is 1. The van der Waals surface area contributed by atoms with E-state index in [2.05, 4.69) is 25.7 Å². The van der Waals surface area contributed by atoms with Crippen molar-refractivity contribution in [1.82, 2.24) is 4.98 Å². The number of carbonyl (C=O) groups is 1. The van der Waals surface area contributed by atoms with E-state index in [0.717, 1.165) is 4.47 Å². The Labute approximate surface area is 99.7 Å². The lowest BCUT2D eigenvalue weighted by Gasteiger charge is -2.00. The highest BCUT2D eigenvalue weighted by Crippen LogP contribution is 2.29. The number of rotatable bonds is 2. The minimum absolute atomic E-state index is 0.124. The van der Waals surface area contributed by atoms with Crippen molar-refractivity contribution in [1.29, 1.82) is 0 Å². The summed E-state index contributed by atoms with van der Waals surface area (Å²) in [4.78, 5) is 14.0. The van der Waals surface area contributed by atoms with Gasteiger partial charge in [-0.15, -0.1) is 0 Å². The van der Waals surface area contributed by atoms with E-state index in [9.17, 15) is 9.18 Å². The molecule has 0 atom stereocenters. The summed E-state index contributed by atoms with van der Waals surface area (Å²) in [5.41, 5.74) is 1.11. The van der Waals surface area contributed by atoms with Crippen LogP contribution in [0.25, 0.3) is 10.9 Å². The lowest BCUT2D eigenvalue weighted by Crippen LogP contribution is -2.03. The van der Waals surface area contributed by atoms with Crippen LogP contribution in [0.3, 0.4) is 0 Å². The van der Waals surface area contributed by atoms with Crippen LogP contribution in [-0.4, -0.2) is 18.1 Å². The molecule has 0 saturated carbocycles. The smallest absolute Gasteiger partial charge is 0.310 e. The lowest BCUT2D eigenvalue weighted by molar-refractivity contribution is -0.139. The van der Waals surface area contributed by atoms with E-state index >= 15 is 0 Å². The van der Waals surface area contributed by atoms with E-state index in [4.69, 9.17) is 0 Å². The summed E-state index contributed by atoms with van der Waals surface area (Å²) in [6, 6.07) is 2.98. The van der Waals surface area contributed by atoms with Gasteiger partial charge in [-0.25, -0.2) is 4.39 Å². The Balaban J connectivity index is 2.55. The Kier molecular flexibility index (Phi) is 2.96. The SMILES string of the molecule is COC(=O)Cc1c[nH]c2c(F)ccc(Br)c12. The molecule has 0 aliphatic rings. The van der Waals surface area contributed by atoms with Crippen LogP contribution < -0.4 is 0 Å². The molecule has 0 unspecified atom stereocenters. The second kappa shape index (κ2) is 4.25. The zero-order valence-corrected chi connectivity index (χ0v) is 10.1. The number of esters is 1. The molecule has 2 aromatic rings. The minimum Gasteiger partial charge on any atom is -0.469 e. The van der Waals surface area contributed by atoms with Crippen molar-refractivity contribution >= 4 is 32.8 Å². The molecule has 0 spiro atoms. The highest BCUT2D eigenvalue weighted by atomic mass is 79.9. The number of aromatic amines is 1. The van der Waals surface area contributed by atoms with Crippen LogP contribution in [0.1, 0.15) is 5.56 Å². The average molecular weight is 286 g/mol. The van der Waals surface area contributed by atoms with Crippen molar-refractivity contribution in [2.45, 2.75) is 6.42 Å². The lowest BCUT2D eigenvalue weighted by atomic mass is 10.1. The van der Waals surface area contributed by atoms with Gasteiger partial charge in [0.15, 0.2) is 0 Å². The first-order valence-corrected chi connectivity index (χ1v) is 5.43. The molecule has 1 N–H and O–H groups in total. The predicted octanol–water partition coefficient (Wildman–Crippen LogP) is 2.79. The number of ether oxygens (including phenoxy) is 1. The number of H-pyrrole nitrogens is 1. The fraction of sp³-hybridized carbons (Fsp3) is 0.182. The summed E-state index contributed by atoms with van der Waals surface area (Å²) < 4.78 is 18.8. The second-order valence-electron chi connectivity index (χ2n) is 3.35. The highest BCUT2D eigenvalue weighted by molar-refractivity contribution is 9.10. The molecular formula is C11H9BrFNO2. The predicted molar refractivity (Wildman–Crippen MR) is 61.7 cm³/mol. The Bertz CT molecular complexity index is 550. The molecule has 0 fully saturated rings. The monoisotopic (exact) mass is 285 g/mol. The molecule has 5 heteroatoms. The molecule has 0 bridgehead atoms. The van der Waals surface area contributed by atoms with Gasteiger partial charge in [0, 0.05) is 16.1 Å². The van der Waals surface area contributed by atoms with Gasteiger partial charge in [-0.05, 0) is 17.7 Å². The van der Waals surface area contributed by atoms with E-state index in [0.29, 0.717) is 16.5 Å². The maximum Gasteiger partial charge on any atom is 0.310 e. The summed E-state index contributed by atoms with van der Waals surface area (Å²) >= 11 is 3.33. The summed E-state index contributed by atoms with van der Waals surface area (Å²) in [7, 11) is 1.33. The normalized spacial score (nSPS) is 10.7. The van der Waals surface area contributed by atoms with Crippen LogP contribution in [0.15, 0.2) is 22.8 Å². The fourth-order valence-electron chi connectivity index (χ4n) is 1.61. The topological polar surface area (TPSA) is 42.1 Å². The van der Waals surface area contributed by atoms with Crippen molar-refractivity contribution in [2.75, 3.05) is 7.11 Å². The highest BCUT2D eigenvalue weighted by Gasteiger charge is 2.13. The maximum atomic E-state index is 13.4. The van der Waals surface area contributed by atoms with Gasteiger partial charge in [0.25, 0.3) is 0 Å². The van der Waals surface area contributed by atoms with E-state index < -0.39 is 0 Å². The van der Waals surface area contributed by atoms with Crippen molar-refractivity contribution in [2.24, 2.45) is 0 Å². The summed E-state index contributed by atoms with van der Waals surface area (Å²) in [5.74, 6) is -0.689. The quantitative estimate of drug-likeness (QED) is 0.862. The molecule has 84 valence electrons. The van der Waals surface area contributed by atoms with Gasteiger partial charge in [-0.2, -0.15) is 0 Å². The van der Waals surface area contributed by atoms with Gasteiger partial charge in [0.1, 0.15) is 5.82 Å². The van der Waals surface area contributed by atoms with Crippen LogP contribution in [0.4, 0.5) is 4.39 Å². The first-order valence-electron chi connectivity index (χ1n) is 4.64. The largest absolute Gasteiger partial charge is 0.469 e. The van der Waals surface area contributed by atoms with E-state index in [1.54, 1.807) is 12.3 Å². The molecule has 1 aromatic carbocycles. The third kappa shape index (κ3) is 1.82. The molecule has 0 radical (unpaired) electrons. The van der Waals surface area contributed by atoms with Gasteiger partial charge < -0.3 is 9.72 Å². The van der Waals surface area contributed by atoms with E-state index in [1.165, 1.54) is 13.2 Å². The van der Waals surface area contributed by atoms with Crippen LogP contribution in [0, 0.1) is 5.82 Å². The molecule has 1 aromatic heterocycles. The first-order chi connectivity index (χ1) is 7.63. The number of hydrogen-bond donors (Lipinski definition) is 1. The molecule has 0 aliphatic carbocycles. The van der Waals surface area contributed by atoms with Gasteiger partial charge in [-0.1, -0.05) is 15.9 Å². The van der Waals surface area contributed by atoms with Gasteiger partial charge in [0.2, 0.25) is 0 Å². The Hall–Kier alpha value is -1.36. The summed E-state index contributed by atoms with van der Waals surface area (Å²) in [6.45, 7) is 0. The minimum atomic E-state index is -0.350. The number of fused-ring (bicyclic) bond motifs is 1. The maximum absolute atomic E-state index is 13.4. The average Bonchev–Trinajstić information content (AvgIpc) is 2.68. The summed E-state index contributed by atoms with van der Waals surface area (Å²) in [6.07, 6.45) is 1.74. The molecule has 1 heterocycles. The van der Waals surface area contributed by atoms with Crippen molar-refractivity contribution in [3.05, 3.63) is 34.2 Å². The van der Waals surface area contributed by atoms with Crippen LogP contribution in [0.5, 0.6) is 0 Å². The van der Waals surface area contributed by atoms with Crippen LogP contribution >= 0.6 is 15.9 Å². The Morgan fingerprint density at radius 3 is 3.00 bits per heavy atom. The molecular weight excluding hydrogens is 277 g/mol. The number of aromatic nitrogens is 1. The zero-order chi connectivity index (χ0) is 11.7. The van der Waals surface area contributed by atoms with Gasteiger partial charge in [0.05, 0.1) is 19.0 Å². The molecule has 0 aliphatic heterocycles. The fourth-order valence-corrected chi connectivity index (χ4v) is 2.19. The van der Waals surface area contributed by atoms with Crippen molar-refractivity contribution in [3.63, 3.8) is 0 Å².